The van der Waals surface area contributed by atoms with Gasteiger partial charge in [-0.1, -0.05) is 18.2 Å². The molecule has 6 nitrogen and oxygen atoms in total. The molecule has 6 heteroatoms. The number of ether oxygens (including phenoxy) is 1. The van der Waals surface area contributed by atoms with Gasteiger partial charge in [-0.2, -0.15) is 4.98 Å². The maximum Gasteiger partial charge on any atom is 0.225 e. The zero-order valence-corrected chi connectivity index (χ0v) is 14.4. The topological polar surface area (TPSA) is 72.0 Å². The molecule has 0 aliphatic carbocycles. The van der Waals surface area contributed by atoms with Gasteiger partial charge in [0, 0.05) is 30.7 Å². The number of benzene rings is 1. The Bertz CT molecular complexity index is 823. The standard InChI is InChI=1S/C19H21N5O/c1-3-25-17-9-5-4-8-16(17)23-18-11-14(2)22-19(24-18)21-13-15-7-6-10-20-12-15/h4-12H,3,13H2,1-2H3,(H2,21,22,23,24). The van der Waals surface area contributed by atoms with Gasteiger partial charge in [0.25, 0.3) is 0 Å². The first kappa shape index (κ1) is 16.7. The molecular weight excluding hydrogens is 314 g/mol. The third-order valence-corrected chi connectivity index (χ3v) is 3.48. The largest absolute Gasteiger partial charge is 0.492 e. The molecule has 0 bridgehead atoms. The molecule has 0 saturated carbocycles. The second-order valence-electron chi connectivity index (χ2n) is 5.49. The summed E-state index contributed by atoms with van der Waals surface area (Å²) in [4.78, 5) is 13.1. The molecule has 2 N–H and O–H groups in total. The molecule has 0 aliphatic rings. The van der Waals surface area contributed by atoms with Crippen LogP contribution in [0.3, 0.4) is 0 Å². The minimum Gasteiger partial charge on any atom is -0.492 e. The van der Waals surface area contributed by atoms with E-state index in [1.807, 2.05) is 62.5 Å². The highest BCUT2D eigenvalue weighted by atomic mass is 16.5. The van der Waals surface area contributed by atoms with Crippen molar-refractivity contribution in [2.24, 2.45) is 0 Å². The second kappa shape index (κ2) is 8.10. The van der Waals surface area contributed by atoms with Crippen molar-refractivity contribution in [1.29, 1.82) is 0 Å². The maximum atomic E-state index is 5.65. The van der Waals surface area contributed by atoms with Crippen molar-refractivity contribution in [3.63, 3.8) is 0 Å². The van der Waals surface area contributed by atoms with E-state index in [0.29, 0.717) is 24.9 Å². The molecule has 2 heterocycles. The van der Waals surface area contributed by atoms with Gasteiger partial charge < -0.3 is 15.4 Å². The van der Waals surface area contributed by atoms with E-state index in [1.165, 1.54) is 0 Å². The molecule has 0 spiro atoms. The van der Waals surface area contributed by atoms with Crippen molar-refractivity contribution < 1.29 is 4.74 Å². The second-order valence-corrected chi connectivity index (χ2v) is 5.49. The maximum absolute atomic E-state index is 5.65. The fraction of sp³-hybridized carbons (Fsp3) is 0.211. The summed E-state index contributed by atoms with van der Waals surface area (Å²) in [7, 11) is 0. The Morgan fingerprint density at radius 2 is 1.96 bits per heavy atom. The van der Waals surface area contributed by atoms with E-state index in [9.17, 15) is 0 Å². The van der Waals surface area contributed by atoms with Crippen LogP contribution >= 0.6 is 0 Å². The third-order valence-electron chi connectivity index (χ3n) is 3.48. The summed E-state index contributed by atoms with van der Waals surface area (Å²) in [6.45, 7) is 5.13. The summed E-state index contributed by atoms with van der Waals surface area (Å²) in [5.41, 5.74) is 2.82. The Kier molecular flexibility index (Phi) is 5.41. The zero-order chi connectivity index (χ0) is 17.5. The van der Waals surface area contributed by atoms with Crippen molar-refractivity contribution in [2.75, 3.05) is 17.2 Å². The van der Waals surface area contributed by atoms with Crippen LogP contribution in [0, 0.1) is 6.92 Å². The van der Waals surface area contributed by atoms with Crippen LogP contribution in [0.25, 0.3) is 0 Å². The molecule has 0 amide bonds. The van der Waals surface area contributed by atoms with Gasteiger partial charge in [0.2, 0.25) is 5.95 Å². The number of anilines is 3. The Hall–Kier alpha value is -3.15. The van der Waals surface area contributed by atoms with Crippen molar-refractivity contribution in [3.8, 4) is 5.75 Å². The number of pyridine rings is 1. The minimum absolute atomic E-state index is 0.570. The van der Waals surface area contributed by atoms with Gasteiger partial charge in [-0.15, -0.1) is 0 Å². The van der Waals surface area contributed by atoms with E-state index in [0.717, 1.165) is 22.7 Å². The first-order chi connectivity index (χ1) is 12.2. The lowest BCUT2D eigenvalue weighted by Crippen LogP contribution is -2.07. The van der Waals surface area contributed by atoms with Crippen molar-refractivity contribution >= 4 is 17.5 Å². The van der Waals surface area contributed by atoms with E-state index >= 15 is 0 Å². The molecular formula is C19H21N5O. The summed E-state index contributed by atoms with van der Waals surface area (Å²) in [5, 5.41) is 6.54. The van der Waals surface area contributed by atoms with E-state index in [-0.39, 0.29) is 0 Å². The molecule has 2 aromatic heterocycles. The van der Waals surface area contributed by atoms with Crippen molar-refractivity contribution in [2.45, 2.75) is 20.4 Å². The fourth-order valence-corrected chi connectivity index (χ4v) is 2.38. The predicted molar refractivity (Wildman–Crippen MR) is 99.2 cm³/mol. The van der Waals surface area contributed by atoms with Crippen LogP contribution in [0.15, 0.2) is 54.9 Å². The van der Waals surface area contributed by atoms with Gasteiger partial charge in [-0.3, -0.25) is 4.98 Å². The minimum atomic E-state index is 0.570. The summed E-state index contributed by atoms with van der Waals surface area (Å²) in [6.07, 6.45) is 3.57. The number of hydrogen-bond donors (Lipinski definition) is 2. The molecule has 0 atom stereocenters. The van der Waals surface area contributed by atoms with Crippen LogP contribution in [-0.4, -0.2) is 21.6 Å². The third kappa shape index (κ3) is 4.67. The smallest absolute Gasteiger partial charge is 0.225 e. The SMILES string of the molecule is CCOc1ccccc1Nc1cc(C)nc(NCc2cccnc2)n1. The van der Waals surface area contributed by atoms with Gasteiger partial charge in [-0.05, 0) is 37.6 Å². The fourth-order valence-electron chi connectivity index (χ4n) is 2.38. The van der Waals surface area contributed by atoms with E-state index in [1.54, 1.807) is 6.20 Å². The van der Waals surface area contributed by atoms with Crippen molar-refractivity contribution in [1.82, 2.24) is 15.0 Å². The lowest BCUT2D eigenvalue weighted by Gasteiger charge is -2.13. The van der Waals surface area contributed by atoms with E-state index in [4.69, 9.17) is 4.74 Å². The molecule has 3 rings (SSSR count). The lowest BCUT2D eigenvalue weighted by molar-refractivity contribution is 0.342. The lowest BCUT2D eigenvalue weighted by atomic mass is 10.3. The van der Waals surface area contributed by atoms with Crippen LogP contribution in [0.4, 0.5) is 17.5 Å². The van der Waals surface area contributed by atoms with Crippen LogP contribution in [0.2, 0.25) is 0 Å². The van der Waals surface area contributed by atoms with Gasteiger partial charge >= 0.3 is 0 Å². The predicted octanol–water partition coefficient (Wildman–Crippen LogP) is 3.93. The highest BCUT2D eigenvalue weighted by molar-refractivity contribution is 5.64. The number of aryl methyl sites for hydroxylation is 1. The molecule has 1 aromatic carbocycles. The number of hydrogen-bond acceptors (Lipinski definition) is 6. The van der Waals surface area contributed by atoms with Crippen molar-refractivity contribution in [3.05, 3.63) is 66.1 Å². The molecule has 0 aliphatic heterocycles. The normalized spacial score (nSPS) is 10.3. The monoisotopic (exact) mass is 335 g/mol. The summed E-state index contributed by atoms with van der Waals surface area (Å²) >= 11 is 0. The molecule has 0 saturated heterocycles. The Balaban J connectivity index is 1.75. The van der Waals surface area contributed by atoms with Crippen LogP contribution in [0.1, 0.15) is 18.2 Å². The Morgan fingerprint density at radius 1 is 1.08 bits per heavy atom. The summed E-state index contributed by atoms with van der Waals surface area (Å²) in [5.74, 6) is 2.08. The molecule has 25 heavy (non-hydrogen) atoms. The molecule has 128 valence electrons. The molecule has 0 unspecified atom stereocenters. The average Bonchev–Trinajstić information content (AvgIpc) is 2.62. The molecule has 0 fully saturated rings. The van der Waals surface area contributed by atoms with Crippen LogP contribution < -0.4 is 15.4 Å². The number of nitrogens with one attached hydrogen (secondary N) is 2. The van der Waals surface area contributed by atoms with Gasteiger partial charge in [0.15, 0.2) is 0 Å². The van der Waals surface area contributed by atoms with E-state index < -0.39 is 0 Å². The number of para-hydroxylation sites is 2. The van der Waals surface area contributed by atoms with E-state index in [2.05, 4.69) is 25.6 Å². The summed E-state index contributed by atoms with van der Waals surface area (Å²) < 4.78 is 5.65. The number of rotatable bonds is 7. The number of aromatic nitrogens is 3. The summed E-state index contributed by atoms with van der Waals surface area (Å²) in [6, 6.07) is 13.6. The Morgan fingerprint density at radius 3 is 2.76 bits per heavy atom. The van der Waals surface area contributed by atoms with Crippen LogP contribution in [-0.2, 0) is 6.54 Å². The van der Waals surface area contributed by atoms with Gasteiger partial charge in [0.05, 0.1) is 12.3 Å². The molecule has 3 aromatic rings. The van der Waals surface area contributed by atoms with Gasteiger partial charge in [-0.25, -0.2) is 4.98 Å². The highest BCUT2D eigenvalue weighted by Crippen LogP contribution is 2.27. The highest BCUT2D eigenvalue weighted by Gasteiger charge is 2.06. The first-order valence-corrected chi connectivity index (χ1v) is 8.22. The number of nitrogens with zero attached hydrogens (tertiary/aromatic N) is 3. The first-order valence-electron chi connectivity index (χ1n) is 8.22. The average molecular weight is 335 g/mol. The van der Waals surface area contributed by atoms with Crippen LogP contribution in [0.5, 0.6) is 5.75 Å². The zero-order valence-electron chi connectivity index (χ0n) is 14.4. The molecule has 0 radical (unpaired) electrons. The quantitative estimate of drug-likeness (QED) is 0.681. The Labute approximate surface area is 147 Å². The van der Waals surface area contributed by atoms with Gasteiger partial charge in [0.1, 0.15) is 11.6 Å².